The number of hydrogen-bond donors (Lipinski definition) is 1. The Hall–Kier alpha value is -3.48. The number of carbonyl (C=O) groups is 2. The molecule has 2 amide bonds. The van der Waals surface area contributed by atoms with Crippen molar-refractivity contribution in [2.45, 2.75) is 13.0 Å². The van der Waals surface area contributed by atoms with Crippen molar-refractivity contribution in [3.8, 4) is 5.69 Å². The summed E-state index contributed by atoms with van der Waals surface area (Å²) in [5.41, 5.74) is 2.38. The average molecular weight is 380 g/mol. The number of amides is 2. The number of nitrogens with zero attached hydrogens (tertiary/aromatic N) is 3. The van der Waals surface area contributed by atoms with E-state index in [2.05, 4.69) is 10.4 Å². The first-order valence-corrected chi connectivity index (χ1v) is 8.85. The summed E-state index contributed by atoms with van der Waals surface area (Å²) in [6, 6.07) is 15.5. The van der Waals surface area contributed by atoms with E-state index in [0.717, 1.165) is 11.3 Å². The van der Waals surface area contributed by atoms with E-state index in [1.54, 1.807) is 30.1 Å². The summed E-state index contributed by atoms with van der Waals surface area (Å²) in [5.74, 6) is -0.943. The molecule has 1 aromatic heterocycles. The Balaban J connectivity index is 1.48. The molecule has 0 radical (unpaired) electrons. The fourth-order valence-corrected chi connectivity index (χ4v) is 2.73. The van der Waals surface area contributed by atoms with Crippen molar-refractivity contribution in [1.82, 2.24) is 20.0 Å². The highest BCUT2D eigenvalue weighted by atomic mass is 19.1. The molecule has 6 nitrogen and oxygen atoms in total. The van der Waals surface area contributed by atoms with Gasteiger partial charge in [0.15, 0.2) is 0 Å². The highest BCUT2D eigenvalue weighted by Gasteiger charge is 2.13. The van der Waals surface area contributed by atoms with Crippen LogP contribution in [0.4, 0.5) is 4.39 Å². The summed E-state index contributed by atoms with van der Waals surface area (Å²) in [4.78, 5) is 25.7. The van der Waals surface area contributed by atoms with E-state index in [0.29, 0.717) is 12.1 Å². The van der Waals surface area contributed by atoms with Crippen LogP contribution in [0.15, 0.2) is 67.0 Å². The van der Waals surface area contributed by atoms with Gasteiger partial charge >= 0.3 is 0 Å². The molecule has 3 rings (SSSR count). The highest BCUT2D eigenvalue weighted by Crippen LogP contribution is 2.09. The largest absolute Gasteiger partial charge is 0.347 e. The molecular weight excluding hydrogens is 359 g/mol. The fraction of sp³-hybridized carbons (Fsp3) is 0.190. The number of aromatic nitrogens is 2. The van der Waals surface area contributed by atoms with Gasteiger partial charge in [-0.05, 0) is 29.8 Å². The lowest BCUT2D eigenvalue weighted by atomic mass is 10.1. The number of para-hydroxylation sites is 1. The van der Waals surface area contributed by atoms with E-state index in [4.69, 9.17) is 0 Å². The fourth-order valence-electron chi connectivity index (χ4n) is 2.73. The van der Waals surface area contributed by atoms with Crippen molar-refractivity contribution in [2.75, 3.05) is 13.6 Å². The zero-order valence-electron chi connectivity index (χ0n) is 15.5. The normalized spacial score (nSPS) is 10.5. The molecule has 3 aromatic rings. The van der Waals surface area contributed by atoms with Crippen molar-refractivity contribution in [1.29, 1.82) is 0 Å². The first-order chi connectivity index (χ1) is 13.5. The molecule has 0 spiro atoms. The number of likely N-dealkylation sites (N-methyl/N-ethyl adjacent to an activating group) is 1. The van der Waals surface area contributed by atoms with E-state index in [9.17, 15) is 14.0 Å². The quantitative estimate of drug-likeness (QED) is 0.684. The molecule has 1 heterocycles. The molecule has 2 aromatic carbocycles. The summed E-state index contributed by atoms with van der Waals surface area (Å²) < 4.78 is 14.9. The van der Waals surface area contributed by atoms with Gasteiger partial charge < -0.3 is 10.2 Å². The van der Waals surface area contributed by atoms with Crippen LogP contribution in [0, 0.1) is 5.82 Å². The molecule has 0 bridgehead atoms. The zero-order chi connectivity index (χ0) is 19.9. The van der Waals surface area contributed by atoms with Gasteiger partial charge in [-0.3, -0.25) is 9.59 Å². The summed E-state index contributed by atoms with van der Waals surface area (Å²) >= 11 is 0. The van der Waals surface area contributed by atoms with Gasteiger partial charge in [0.05, 0.1) is 24.8 Å². The Morgan fingerprint density at radius 1 is 1.11 bits per heavy atom. The summed E-state index contributed by atoms with van der Waals surface area (Å²) in [5, 5.41) is 6.88. The third-order valence-electron chi connectivity index (χ3n) is 4.19. The van der Waals surface area contributed by atoms with E-state index >= 15 is 0 Å². The second-order valence-corrected chi connectivity index (χ2v) is 6.46. The molecule has 1 N–H and O–H groups in total. The predicted octanol–water partition coefficient (Wildman–Crippen LogP) is 2.33. The standard InChI is InChI=1S/C21H21FN4O2/c1-25(14-17-12-24-26(15-17)19-8-3-2-4-9-19)21(28)13-23-20(27)11-16-6-5-7-18(22)10-16/h2-10,12,15H,11,13-14H2,1H3,(H,23,27). The Bertz CT molecular complexity index is 956. The second-order valence-electron chi connectivity index (χ2n) is 6.46. The third-order valence-corrected chi connectivity index (χ3v) is 4.19. The van der Waals surface area contributed by atoms with Gasteiger partial charge in [-0.1, -0.05) is 30.3 Å². The molecule has 144 valence electrons. The highest BCUT2D eigenvalue weighted by molar-refractivity contribution is 5.85. The van der Waals surface area contributed by atoms with Crippen molar-refractivity contribution in [3.63, 3.8) is 0 Å². The van der Waals surface area contributed by atoms with Gasteiger partial charge in [0.25, 0.3) is 0 Å². The Morgan fingerprint density at radius 2 is 1.89 bits per heavy atom. The molecular formula is C21H21FN4O2. The maximum Gasteiger partial charge on any atom is 0.242 e. The maximum absolute atomic E-state index is 13.2. The van der Waals surface area contributed by atoms with Crippen molar-refractivity contribution in [2.24, 2.45) is 0 Å². The van der Waals surface area contributed by atoms with Gasteiger partial charge in [-0.25, -0.2) is 9.07 Å². The lowest BCUT2D eigenvalue weighted by molar-refractivity contribution is -0.132. The molecule has 0 saturated carbocycles. The Morgan fingerprint density at radius 3 is 2.64 bits per heavy atom. The minimum Gasteiger partial charge on any atom is -0.347 e. The molecule has 0 aliphatic carbocycles. The molecule has 0 aliphatic rings. The van der Waals surface area contributed by atoms with E-state index in [1.165, 1.54) is 17.0 Å². The van der Waals surface area contributed by atoms with Crippen LogP contribution in [0.25, 0.3) is 5.69 Å². The lowest BCUT2D eigenvalue weighted by Crippen LogP contribution is -2.38. The molecule has 0 unspecified atom stereocenters. The number of rotatable bonds is 7. The van der Waals surface area contributed by atoms with Gasteiger partial charge in [0.2, 0.25) is 11.8 Å². The number of carbonyl (C=O) groups excluding carboxylic acids is 2. The Kier molecular flexibility index (Phi) is 6.16. The minimum atomic E-state index is -0.392. The van der Waals surface area contributed by atoms with Crippen LogP contribution in [-0.2, 0) is 22.6 Å². The van der Waals surface area contributed by atoms with Crippen LogP contribution in [0.5, 0.6) is 0 Å². The van der Waals surface area contributed by atoms with Crippen LogP contribution in [0.2, 0.25) is 0 Å². The molecule has 0 atom stereocenters. The molecule has 28 heavy (non-hydrogen) atoms. The molecule has 0 aliphatic heterocycles. The topological polar surface area (TPSA) is 67.2 Å². The van der Waals surface area contributed by atoms with E-state index in [1.807, 2.05) is 36.5 Å². The van der Waals surface area contributed by atoms with Crippen molar-refractivity contribution < 1.29 is 14.0 Å². The van der Waals surface area contributed by atoms with Crippen molar-refractivity contribution >= 4 is 11.8 Å². The molecule has 0 saturated heterocycles. The van der Waals surface area contributed by atoms with E-state index in [-0.39, 0.29) is 24.8 Å². The molecule has 0 fully saturated rings. The number of benzene rings is 2. The predicted molar refractivity (Wildman–Crippen MR) is 103 cm³/mol. The minimum absolute atomic E-state index is 0.0264. The van der Waals surface area contributed by atoms with E-state index < -0.39 is 5.82 Å². The third kappa shape index (κ3) is 5.26. The number of nitrogens with one attached hydrogen (secondary N) is 1. The average Bonchev–Trinajstić information content (AvgIpc) is 3.15. The first kappa shape index (κ1) is 19.3. The lowest BCUT2D eigenvalue weighted by Gasteiger charge is -2.16. The number of hydrogen-bond acceptors (Lipinski definition) is 3. The SMILES string of the molecule is CN(Cc1cnn(-c2ccccc2)c1)C(=O)CNC(=O)Cc1cccc(F)c1. The zero-order valence-corrected chi connectivity index (χ0v) is 15.5. The van der Waals surface area contributed by atoms with Crippen LogP contribution in [0.1, 0.15) is 11.1 Å². The van der Waals surface area contributed by atoms with Gasteiger partial charge in [0.1, 0.15) is 5.82 Å². The van der Waals surface area contributed by atoms with Crippen LogP contribution in [0.3, 0.4) is 0 Å². The summed E-state index contributed by atoms with van der Waals surface area (Å²) in [6.45, 7) is 0.267. The van der Waals surface area contributed by atoms with Crippen molar-refractivity contribution in [3.05, 3.63) is 83.9 Å². The molecule has 7 heteroatoms. The van der Waals surface area contributed by atoms with Crippen LogP contribution in [-0.4, -0.2) is 40.1 Å². The van der Waals surface area contributed by atoms with Crippen LogP contribution >= 0.6 is 0 Å². The second kappa shape index (κ2) is 8.94. The van der Waals surface area contributed by atoms with Gasteiger partial charge in [-0.15, -0.1) is 0 Å². The monoisotopic (exact) mass is 380 g/mol. The van der Waals surface area contributed by atoms with Gasteiger partial charge in [-0.2, -0.15) is 5.10 Å². The Labute approximate surface area is 162 Å². The summed E-state index contributed by atoms with van der Waals surface area (Å²) in [7, 11) is 1.67. The van der Waals surface area contributed by atoms with Gasteiger partial charge in [0, 0.05) is 25.4 Å². The maximum atomic E-state index is 13.2. The van der Waals surface area contributed by atoms with Crippen LogP contribution < -0.4 is 5.32 Å². The smallest absolute Gasteiger partial charge is 0.242 e. The first-order valence-electron chi connectivity index (χ1n) is 8.85. The number of halogens is 1. The summed E-state index contributed by atoms with van der Waals surface area (Å²) in [6.07, 6.45) is 3.60.